The van der Waals surface area contributed by atoms with Gasteiger partial charge >= 0.3 is 0 Å². The molecule has 3 saturated heterocycles. The molecule has 3 fully saturated rings. The standard InChI is InChI=1S/C25H41N5O8/c31-21(29-36)9-3-1-2-7-17-22(32)26-18-10-15-37-13-4-5-14-38-16-11-19(28-23(18)33)25(35)30-12-6-8-20(30)24(34)27-17/h17-20,36H,1-16H2,(H,26,32)(H,27,34)(H,28,33)(H,29,31)/t17-,18+,19-,20+/m0/s1. The Labute approximate surface area is 222 Å². The number of fused-ring (bicyclic) bond motifs is 4. The summed E-state index contributed by atoms with van der Waals surface area (Å²) >= 11 is 0. The van der Waals surface area contributed by atoms with Crippen LogP contribution in [0.15, 0.2) is 0 Å². The first-order valence-electron chi connectivity index (χ1n) is 13.7. The second-order valence-electron chi connectivity index (χ2n) is 10.0. The smallest absolute Gasteiger partial charge is 0.245 e. The normalized spacial score (nSPS) is 28.2. The lowest BCUT2D eigenvalue weighted by molar-refractivity contribution is -0.144. The third kappa shape index (κ3) is 8.91. The van der Waals surface area contributed by atoms with E-state index < -0.39 is 47.8 Å². The summed E-state index contributed by atoms with van der Waals surface area (Å²) in [6.07, 6.45) is 5.30. The first kappa shape index (κ1) is 29.8. The van der Waals surface area contributed by atoms with Gasteiger partial charge in [0.05, 0.1) is 0 Å². The number of unbranched alkanes of at least 4 members (excludes halogenated alkanes) is 2. The van der Waals surface area contributed by atoms with Gasteiger partial charge in [-0.1, -0.05) is 12.8 Å². The molecule has 0 spiro atoms. The van der Waals surface area contributed by atoms with Crippen molar-refractivity contribution in [3.05, 3.63) is 0 Å². The number of amides is 5. The molecule has 3 rings (SSSR count). The van der Waals surface area contributed by atoms with E-state index in [2.05, 4.69) is 16.0 Å². The second-order valence-corrected chi connectivity index (χ2v) is 10.0. The van der Waals surface area contributed by atoms with Crippen molar-refractivity contribution in [2.45, 2.75) is 94.8 Å². The van der Waals surface area contributed by atoms with E-state index in [-0.39, 0.29) is 38.4 Å². The summed E-state index contributed by atoms with van der Waals surface area (Å²) in [5.41, 5.74) is 1.59. The molecular weight excluding hydrogens is 498 g/mol. The van der Waals surface area contributed by atoms with Gasteiger partial charge in [-0.2, -0.15) is 0 Å². The zero-order valence-corrected chi connectivity index (χ0v) is 21.9. The molecule has 3 heterocycles. The quantitative estimate of drug-likeness (QED) is 0.171. The Morgan fingerprint density at radius 2 is 1.50 bits per heavy atom. The number of nitrogens with zero attached hydrogens (tertiary/aromatic N) is 1. The van der Waals surface area contributed by atoms with E-state index >= 15 is 0 Å². The van der Waals surface area contributed by atoms with Crippen molar-refractivity contribution in [1.29, 1.82) is 0 Å². The van der Waals surface area contributed by atoms with Crippen LogP contribution in [0.25, 0.3) is 0 Å². The maximum atomic E-state index is 13.5. The summed E-state index contributed by atoms with van der Waals surface area (Å²) in [6, 6.07) is -3.44. The average Bonchev–Trinajstić information content (AvgIpc) is 3.40. The lowest BCUT2D eigenvalue weighted by Gasteiger charge is -2.32. The zero-order valence-electron chi connectivity index (χ0n) is 21.9. The van der Waals surface area contributed by atoms with Crippen LogP contribution in [-0.4, -0.2) is 96.8 Å². The number of hydroxylamine groups is 1. The van der Waals surface area contributed by atoms with Crippen LogP contribution in [0.4, 0.5) is 0 Å². The molecule has 0 aliphatic carbocycles. The highest BCUT2D eigenvalue weighted by molar-refractivity contribution is 5.97. The van der Waals surface area contributed by atoms with Gasteiger partial charge in [0.2, 0.25) is 29.5 Å². The highest BCUT2D eigenvalue weighted by Gasteiger charge is 2.40. The summed E-state index contributed by atoms with van der Waals surface area (Å²) in [5.74, 6) is -2.17. The van der Waals surface area contributed by atoms with Crippen molar-refractivity contribution >= 4 is 29.5 Å². The van der Waals surface area contributed by atoms with Gasteiger partial charge in [0.25, 0.3) is 0 Å². The number of nitrogens with one attached hydrogen (secondary N) is 4. The maximum Gasteiger partial charge on any atom is 0.245 e. The van der Waals surface area contributed by atoms with Crippen LogP contribution in [-0.2, 0) is 33.4 Å². The molecule has 5 N–H and O–H groups in total. The first-order valence-corrected chi connectivity index (χ1v) is 13.7. The fourth-order valence-electron chi connectivity index (χ4n) is 4.99. The van der Waals surface area contributed by atoms with Crippen molar-refractivity contribution < 1.29 is 38.7 Å². The summed E-state index contributed by atoms with van der Waals surface area (Å²) < 4.78 is 11.3. The van der Waals surface area contributed by atoms with Crippen molar-refractivity contribution in [3.8, 4) is 0 Å². The number of ether oxygens (including phenoxy) is 2. The van der Waals surface area contributed by atoms with Crippen molar-refractivity contribution in [2.24, 2.45) is 0 Å². The fraction of sp³-hybridized carbons (Fsp3) is 0.800. The minimum atomic E-state index is -0.942. The number of carbonyl (C=O) groups excluding carboxylic acids is 5. The fourth-order valence-corrected chi connectivity index (χ4v) is 4.99. The van der Waals surface area contributed by atoms with Gasteiger partial charge in [-0.15, -0.1) is 0 Å². The molecule has 0 unspecified atom stereocenters. The van der Waals surface area contributed by atoms with Gasteiger partial charge in [-0.25, -0.2) is 5.48 Å². The van der Waals surface area contributed by atoms with Crippen LogP contribution in [0, 0.1) is 0 Å². The highest BCUT2D eigenvalue weighted by Crippen LogP contribution is 2.21. The molecule has 0 aromatic carbocycles. The van der Waals surface area contributed by atoms with E-state index in [0.717, 1.165) is 12.8 Å². The van der Waals surface area contributed by atoms with Crippen LogP contribution < -0.4 is 21.4 Å². The van der Waals surface area contributed by atoms with Gasteiger partial charge in [0.15, 0.2) is 0 Å². The van der Waals surface area contributed by atoms with Gasteiger partial charge < -0.3 is 30.3 Å². The number of hydrogen-bond donors (Lipinski definition) is 5. The summed E-state index contributed by atoms with van der Waals surface area (Å²) in [6.45, 7) is 1.96. The molecule has 13 heteroatoms. The SMILES string of the molecule is O=C(CCCCC[C@@H]1NC(=O)[C@H]2CCCN2C(=O)[C@@H]2CCOCCCCOCC[C@@H](NC1=O)C(=O)N2)NO. The van der Waals surface area contributed by atoms with Gasteiger partial charge in [-0.05, 0) is 51.4 Å². The molecule has 214 valence electrons. The Morgan fingerprint density at radius 3 is 2.21 bits per heavy atom. The molecular formula is C25H41N5O8. The van der Waals surface area contributed by atoms with Crippen LogP contribution in [0.3, 0.4) is 0 Å². The predicted octanol–water partition coefficient (Wildman–Crippen LogP) is -0.491. The molecule has 0 aromatic rings. The van der Waals surface area contributed by atoms with Crippen molar-refractivity contribution in [1.82, 2.24) is 26.3 Å². The maximum absolute atomic E-state index is 13.5. The largest absolute Gasteiger partial charge is 0.381 e. The summed E-state index contributed by atoms with van der Waals surface area (Å²) in [7, 11) is 0. The Hall–Kier alpha value is -2.77. The average molecular weight is 540 g/mol. The van der Waals surface area contributed by atoms with Crippen LogP contribution in [0.1, 0.15) is 70.6 Å². The summed E-state index contributed by atoms with van der Waals surface area (Å²) in [4.78, 5) is 66.1. The molecule has 3 aliphatic rings. The molecule has 0 saturated carbocycles. The van der Waals surface area contributed by atoms with Crippen LogP contribution in [0.5, 0.6) is 0 Å². The van der Waals surface area contributed by atoms with E-state index in [9.17, 15) is 24.0 Å². The van der Waals surface area contributed by atoms with Gasteiger partial charge in [0, 0.05) is 39.4 Å². The van der Waals surface area contributed by atoms with Crippen LogP contribution in [0.2, 0.25) is 0 Å². The lowest BCUT2D eigenvalue weighted by Crippen LogP contribution is -2.61. The zero-order chi connectivity index (χ0) is 27.3. The monoisotopic (exact) mass is 539 g/mol. The molecule has 3 aliphatic heterocycles. The third-order valence-corrected chi connectivity index (χ3v) is 7.17. The Balaban J connectivity index is 1.78. The van der Waals surface area contributed by atoms with Crippen molar-refractivity contribution in [3.63, 3.8) is 0 Å². The molecule has 38 heavy (non-hydrogen) atoms. The van der Waals surface area contributed by atoms with E-state index in [1.165, 1.54) is 4.90 Å². The minimum absolute atomic E-state index is 0.146. The second kappa shape index (κ2) is 15.6. The van der Waals surface area contributed by atoms with E-state index in [0.29, 0.717) is 58.3 Å². The first-order chi connectivity index (χ1) is 18.4. The van der Waals surface area contributed by atoms with E-state index in [1.54, 1.807) is 5.48 Å². The Morgan fingerprint density at radius 1 is 0.816 bits per heavy atom. The minimum Gasteiger partial charge on any atom is -0.381 e. The molecule has 5 amide bonds. The van der Waals surface area contributed by atoms with E-state index in [1.807, 2.05) is 0 Å². The molecule has 0 radical (unpaired) electrons. The topological polar surface area (TPSA) is 175 Å². The highest BCUT2D eigenvalue weighted by atomic mass is 16.5. The Bertz CT molecular complexity index is 841. The summed E-state index contributed by atoms with van der Waals surface area (Å²) in [5, 5.41) is 17.0. The lowest BCUT2D eigenvalue weighted by atomic mass is 10.0. The van der Waals surface area contributed by atoms with Crippen molar-refractivity contribution in [2.75, 3.05) is 33.0 Å². The van der Waals surface area contributed by atoms with Crippen LogP contribution >= 0.6 is 0 Å². The number of rotatable bonds is 6. The van der Waals surface area contributed by atoms with E-state index in [4.69, 9.17) is 14.7 Å². The molecule has 4 atom stereocenters. The predicted molar refractivity (Wildman–Crippen MR) is 134 cm³/mol. The molecule has 0 aromatic heterocycles. The number of hydrogen-bond acceptors (Lipinski definition) is 8. The Kier molecular flexibility index (Phi) is 12.2. The van der Waals surface area contributed by atoms with Gasteiger partial charge in [0.1, 0.15) is 24.2 Å². The molecule has 13 nitrogen and oxygen atoms in total. The van der Waals surface area contributed by atoms with Gasteiger partial charge in [-0.3, -0.25) is 29.2 Å². The third-order valence-electron chi connectivity index (χ3n) is 7.17. The number of carbonyl (C=O) groups is 5. The molecule has 2 bridgehead atoms.